The van der Waals surface area contributed by atoms with Crippen LogP contribution >= 0.6 is 11.3 Å². The normalized spacial score (nSPS) is 13.8. The molecule has 1 aromatic carbocycles. The molecule has 1 atom stereocenters. The molecular formula is C11H5F4N3O2S. The van der Waals surface area contributed by atoms with E-state index in [1.807, 2.05) is 0 Å². The van der Waals surface area contributed by atoms with Gasteiger partial charge in [0, 0.05) is 10.9 Å². The molecule has 3 aromatic rings. The predicted octanol–water partition coefficient (Wildman–Crippen LogP) is 3.08. The standard InChI is InChI=1S/C11H5F4N3O2S/c12-5-1-4(2-6-8(5)18-20-17-6)7-3-21-10(16-7)9(19)11(13,14)15/h1-3,9,19H. The van der Waals surface area contributed by atoms with Crippen molar-refractivity contribution in [2.45, 2.75) is 12.3 Å². The molecule has 0 saturated carbocycles. The topological polar surface area (TPSA) is 72.0 Å². The Kier molecular flexibility index (Phi) is 3.14. The van der Waals surface area contributed by atoms with Crippen LogP contribution in [0.15, 0.2) is 22.1 Å². The van der Waals surface area contributed by atoms with E-state index in [2.05, 4.69) is 19.9 Å². The van der Waals surface area contributed by atoms with E-state index in [4.69, 9.17) is 5.11 Å². The highest BCUT2D eigenvalue weighted by Gasteiger charge is 2.41. The Labute approximate surface area is 117 Å². The van der Waals surface area contributed by atoms with Crippen LogP contribution in [0.5, 0.6) is 0 Å². The molecule has 2 heterocycles. The molecule has 10 heteroatoms. The van der Waals surface area contributed by atoms with E-state index in [-0.39, 0.29) is 22.3 Å². The van der Waals surface area contributed by atoms with Gasteiger partial charge >= 0.3 is 6.18 Å². The first-order valence-corrected chi connectivity index (χ1v) is 6.36. The maximum Gasteiger partial charge on any atom is 0.420 e. The van der Waals surface area contributed by atoms with Gasteiger partial charge in [0.15, 0.2) is 11.3 Å². The molecule has 0 spiro atoms. The smallest absolute Gasteiger partial charge is 0.377 e. The SMILES string of the molecule is OC(c1nc(-c2cc(F)c3nonc3c2)cs1)C(F)(F)F. The summed E-state index contributed by atoms with van der Waals surface area (Å²) >= 11 is 0.630. The van der Waals surface area contributed by atoms with Crippen molar-refractivity contribution in [3.63, 3.8) is 0 Å². The first kappa shape index (κ1) is 13.9. The molecule has 0 aliphatic heterocycles. The number of nitrogens with zero attached hydrogens (tertiary/aromatic N) is 3. The van der Waals surface area contributed by atoms with E-state index in [0.29, 0.717) is 11.3 Å². The lowest BCUT2D eigenvalue weighted by atomic mass is 10.1. The van der Waals surface area contributed by atoms with E-state index in [1.165, 1.54) is 11.4 Å². The van der Waals surface area contributed by atoms with Crippen LogP contribution in [0, 0.1) is 5.82 Å². The van der Waals surface area contributed by atoms with E-state index in [9.17, 15) is 17.6 Å². The summed E-state index contributed by atoms with van der Waals surface area (Å²) in [5, 5.41) is 16.7. The van der Waals surface area contributed by atoms with Crippen molar-refractivity contribution in [1.82, 2.24) is 15.3 Å². The number of benzene rings is 1. The number of aliphatic hydroxyl groups excluding tert-OH is 1. The second-order valence-corrected chi connectivity index (χ2v) is 4.99. The highest BCUT2D eigenvalue weighted by Crippen LogP contribution is 2.36. The van der Waals surface area contributed by atoms with Gasteiger partial charge in [0.2, 0.25) is 6.10 Å². The molecule has 5 nitrogen and oxygen atoms in total. The Balaban J connectivity index is 2.02. The van der Waals surface area contributed by atoms with E-state index < -0.39 is 23.1 Å². The van der Waals surface area contributed by atoms with Crippen LogP contribution in [0.1, 0.15) is 11.1 Å². The fourth-order valence-electron chi connectivity index (χ4n) is 1.68. The fourth-order valence-corrected chi connectivity index (χ4v) is 2.52. The molecule has 3 rings (SSSR count). The number of fused-ring (bicyclic) bond motifs is 1. The van der Waals surface area contributed by atoms with Gasteiger partial charge in [-0.25, -0.2) is 14.0 Å². The van der Waals surface area contributed by atoms with Crippen LogP contribution in [-0.2, 0) is 0 Å². The number of alkyl halides is 3. The maximum atomic E-state index is 13.7. The van der Waals surface area contributed by atoms with Crippen molar-refractivity contribution < 1.29 is 27.3 Å². The lowest BCUT2D eigenvalue weighted by Gasteiger charge is -2.10. The second kappa shape index (κ2) is 4.74. The molecule has 0 saturated heterocycles. The van der Waals surface area contributed by atoms with Crippen molar-refractivity contribution >= 4 is 22.4 Å². The van der Waals surface area contributed by atoms with E-state index in [0.717, 1.165) is 6.07 Å². The number of hydrogen-bond acceptors (Lipinski definition) is 6. The van der Waals surface area contributed by atoms with Gasteiger partial charge in [0.05, 0.1) is 5.69 Å². The minimum Gasteiger partial charge on any atom is -0.377 e. The van der Waals surface area contributed by atoms with Gasteiger partial charge in [-0.1, -0.05) is 0 Å². The molecule has 0 fully saturated rings. The first-order valence-electron chi connectivity index (χ1n) is 5.48. The Morgan fingerprint density at radius 1 is 1.24 bits per heavy atom. The molecule has 1 unspecified atom stereocenters. The summed E-state index contributed by atoms with van der Waals surface area (Å²) in [6, 6.07) is 2.44. The van der Waals surface area contributed by atoms with Crippen molar-refractivity contribution in [2.75, 3.05) is 0 Å². The molecule has 0 bridgehead atoms. The van der Waals surface area contributed by atoms with Crippen molar-refractivity contribution in [1.29, 1.82) is 0 Å². The van der Waals surface area contributed by atoms with Gasteiger partial charge in [-0.3, -0.25) is 0 Å². The second-order valence-electron chi connectivity index (χ2n) is 4.11. The van der Waals surface area contributed by atoms with Crippen molar-refractivity contribution in [3.05, 3.63) is 28.3 Å². The number of thiazole rings is 1. The monoisotopic (exact) mass is 319 g/mol. The molecular weight excluding hydrogens is 314 g/mol. The van der Waals surface area contributed by atoms with E-state index >= 15 is 0 Å². The highest BCUT2D eigenvalue weighted by molar-refractivity contribution is 7.10. The van der Waals surface area contributed by atoms with Crippen LogP contribution in [0.4, 0.5) is 17.6 Å². The first-order chi connectivity index (χ1) is 9.86. The van der Waals surface area contributed by atoms with Gasteiger partial charge in [-0.05, 0) is 22.4 Å². The Morgan fingerprint density at radius 2 is 2.00 bits per heavy atom. The zero-order chi connectivity index (χ0) is 15.2. The molecule has 21 heavy (non-hydrogen) atoms. The number of halogens is 4. The van der Waals surface area contributed by atoms with Crippen LogP contribution < -0.4 is 0 Å². The lowest BCUT2D eigenvalue weighted by Crippen LogP contribution is -2.19. The third-order valence-corrected chi connectivity index (χ3v) is 3.57. The largest absolute Gasteiger partial charge is 0.420 e. The molecule has 0 aliphatic rings. The number of aliphatic hydroxyl groups is 1. The quantitative estimate of drug-likeness (QED) is 0.735. The summed E-state index contributed by atoms with van der Waals surface area (Å²) in [5.41, 5.74) is 0.357. The molecule has 0 radical (unpaired) electrons. The Hall–Kier alpha value is -2.07. The predicted molar refractivity (Wildman–Crippen MR) is 63.9 cm³/mol. The summed E-state index contributed by atoms with van der Waals surface area (Å²) in [6.07, 6.45) is -7.47. The number of rotatable bonds is 2. The van der Waals surface area contributed by atoms with Crippen LogP contribution in [0.25, 0.3) is 22.3 Å². The van der Waals surface area contributed by atoms with Gasteiger partial charge in [-0.2, -0.15) is 13.2 Å². The third-order valence-electron chi connectivity index (χ3n) is 2.68. The summed E-state index contributed by atoms with van der Waals surface area (Å²) in [6.45, 7) is 0. The third kappa shape index (κ3) is 2.47. The average Bonchev–Trinajstić information content (AvgIpc) is 3.05. The molecule has 110 valence electrons. The molecule has 1 N–H and O–H groups in total. The Morgan fingerprint density at radius 3 is 2.71 bits per heavy atom. The summed E-state index contributed by atoms with van der Waals surface area (Å²) in [7, 11) is 0. The summed E-state index contributed by atoms with van der Waals surface area (Å²) in [5.74, 6) is -0.727. The number of hydrogen-bond donors (Lipinski definition) is 1. The van der Waals surface area contributed by atoms with Gasteiger partial charge < -0.3 is 5.11 Å². The maximum absolute atomic E-state index is 13.7. The van der Waals surface area contributed by atoms with E-state index in [1.54, 1.807) is 0 Å². The Bertz CT molecular complexity index is 798. The van der Waals surface area contributed by atoms with Crippen LogP contribution in [0.3, 0.4) is 0 Å². The minimum absolute atomic E-state index is 0.0791. The minimum atomic E-state index is -4.81. The zero-order valence-electron chi connectivity index (χ0n) is 9.93. The highest BCUT2D eigenvalue weighted by atomic mass is 32.1. The number of aromatic nitrogens is 3. The average molecular weight is 319 g/mol. The lowest BCUT2D eigenvalue weighted by molar-refractivity contribution is -0.206. The molecule has 2 aromatic heterocycles. The summed E-state index contributed by atoms with van der Waals surface area (Å²) in [4.78, 5) is 3.68. The summed E-state index contributed by atoms with van der Waals surface area (Å²) < 4.78 is 55.3. The fraction of sp³-hybridized carbons (Fsp3) is 0.182. The zero-order valence-corrected chi connectivity index (χ0v) is 10.7. The van der Waals surface area contributed by atoms with Crippen LogP contribution in [-0.4, -0.2) is 26.6 Å². The van der Waals surface area contributed by atoms with Gasteiger partial charge in [0.1, 0.15) is 10.5 Å². The van der Waals surface area contributed by atoms with Gasteiger partial charge in [-0.15, -0.1) is 11.3 Å². The van der Waals surface area contributed by atoms with Gasteiger partial charge in [0.25, 0.3) is 0 Å². The molecule has 0 aliphatic carbocycles. The van der Waals surface area contributed by atoms with Crippen molar-refractivity contribution in [2.24, 2.45) is 0 Å². The van der Waals surface area contributed by atoms with Crippen LogP contribution in [0.2, 0.25) is 0 Å². The van der Waals surface area contributed by atoms with Crippen molar-refractivity contribution in [3.8, 4) is 11.3 Å². The molecule has 0 amide bonds.